The first-order valence-electron chi connectivity index (χ1n) is 6.70. The summed E-state index contributed by atoms with van der Waals surface area (Å²) in [5.41, 5.74) is 0.712. The maximum atomic E-state index is 13.5. The highest BCUT2D eigenvalue weighted by Crippen LogP contribution is 2.35. The van der Waals surface area contributed by atoms with Crippen molar-refractivity contribution in [2.24, 2.45) is 0 Å². The Morgan fingerprint density at radius 1 is 1.17 bits per heavy atom. The van der Waals surface area contributed by atoms with Gasteiger partial charge in [-0.25, -0.2) is 4.39 Å². The van der Waals surface area contributed by atoms with Gasteiger partial charge in [0.15, 0.2) is 0 Å². The van der Waals surface area contributed by atoms with Gasteiger partial charge in [-0.15, -0.1) is 0 Å². The van der Waals surface area contributed by atoms with Gasteiger partial charge in [0.2, 0.25) is 5.91 Å². The molecule has 0 saturated carbocycles. The first-order valence-corrected chi connectivity index (χ1v) is 7.08. The smallest absolute Gasteiger partial charge is 0.248 e. The number of ether oxygens (including phenoxy) is 2. The number of anilines is 1. The van der Waals surface area contributed by atoms with Gasteiger partial charge in [0.05, 0.1) is 24.9 Å². The lowest BCUT2D eigenvalue weighted by atomic mass is 10.2. The minimum atomic E-state index is -0.437. The molecule has 0 spiro atoms. The van der Waals surface area contributed by atoms with Crippen LogP contribution >= 0.6 is 11.6 Å². The molecule has 0 fully saturated rings. The Balaban J connectivity index is 2.17. The lowest BCUT2D eigenvalue weighted by Gasteiger charge is -2.12. The van der Waals surface area contributed by atoms with Gasteiger partial charge < -0.3 is 14.8 Å². The van der Waals surface area contributed by atoms with Crippen molar-refractivity contribution in [1.82, 2.24) is 0 Å². The minimum absolute atomic E-state index is 0.322. The zero-order valence-corrected chi connectivity index (χ0v) is 13.4. The molecule has 120 valence electrons. The normalized spacial score (nSPS) is 10.6. The molecule has 0 aromatic heterocycles. The summed E-state index contributed by atoms with van der Waals surface area (Å²) in [7, 11) is 2.95. The number of nitrogens with one attached hydrogen (secondary N) is 1. The fourth-order valence-electron chi connectivity index (χ4n) is 1.91. The monoisotopic (exact) mass is 335 g/mol. The van der Waals surface area contributed by atoms with Crippen LogP contribution in [0.3, 0.4) is 0 Å². The summed E-state index contributed by atoms with van der Waals surface area (Å²) in [5.74, 6) is -0.00304. The number of hydrogen-bond donors (Lipinski definition) is 1. The maximum absolute atomic E-state index is 13.5. The van der Waals surface area contributed by atoms with Gasteiger partial charge in [-0.05, 0) is 18.2 Å². The number of benzene rings is 2. The summed E-state index contributed by atoms with van der Waals surface area (Å²) in [6, 6.07) is 9.25. The topological polar surface area (TPSA) is 47.6 Å². The van der Waals surface area contributed by atoms with Crippen molar-refractivity contribution in [2.45, 2.75) is 0 Å². The van der Waals surface area contributed by atoms with Crippen molar-refractivity contribution in [3.8, 4) is 11.5 Å². The molecule has 0 heterocycles. The SMILES string of the molecule is COc1cc(OC)c(NC(=O)/C=C/c2ccccc2F)cc1Cl. The molecule has 2 rings (SSSR count). The van der Waals surface area contributed by atoms with Gasteiger partial charge in [0.25, 0.3) is 0 Å². The number of carbonyl (C=O) groups is 1. The van der Waals surface area contributed by atoms with Crippen LogP contribution in [0.2, 0.25) is 5.02 Å². The second-order valence-corrected chi connectivity index (χ2v) is 4.94. The Morgan fingerprint density at radius 2 is 1.87 bits per heavy atom. The molecular weight excluding hydrogens is 321 g/mol. The molecule has 0 saturated heterocycles. The Kier molecular flexibility index (Phi) is 5.60. The standard InChI is InChI=1S/C17H15ClFNO3/c1-22-15-10-16(23-2)14(9-12(15)18)20-17(21)8-7-11-5-3-4-6-13(11)19/h3-10H,1-2H3,(H,20,21)/b8-7+. The first kappa shape index (κ1) is 16.8. The molecule has 1 N–H and O–H groups in total. The highest BCUT2D eigenvalue weighted by Gasteiger charge is 2.11. The Morgan fingerprint density at radius 3 is 2.52 bits per heavy atom. The third-order valence-corrected chi connectivity index (χ3v) is 3.35. The van der Waals surface area contributed by atoms with Gasteiger partial charge in [-0.1, -0.05) is 29.8 Å². The van der Waals surface area contributed by atoms with Crippen molar-refractivity contribution in [1.29, 1.82) is 0 Å². The van der Waals surface area contributed by atoms with Gasteiger partial charge in [0.1, 0.15) is 17.3 Å². The van der Waals surface area contributed by atoms with Crippen LogP contribution < -0.4 is 14.8 Å². The van der Waals surface area contributed by atoms with E-state index >= 15 is 0 Å². The predicted molar refractivity (Wildman–Crippen MR) is 88.6 cm³/mol. The van der Waals surface area contributed by atoms with E-state index in [0.29, 0.717) is 27.8 Å². The van der Waals surface area contributed by atoms with E-state index in [2.05, 4.69) is 5.32 Å². The molecule has 23 heavy (non-hydrogen) atoms. The molecule has 2 aromatic rings. The highest BCUT2D eigenvalue weighted by atomic mass is 35.5. The van der Waals surface area contributed by atoms with Gasteiger partial charge in [-0.2, -0.15) is 0 Å². The third kappa shape index (κ3) is 4.23. The number of methoxy groups -OCH3 is 2. The maximum Gasteiger partial charge on any atom is 0.248 e. The third-order valence-electron chi connectivity index (χ3n) is 3.05. The van der Waals surface area contributed by atoms with Crippen molar-refractivity contribution in [3.05, 3.63) is 58.9 Å². The quantitative estimate of drug-likeness (QED) is 0.835. The van der Waals surface area contributed by atoms with E-state index in [1.807, 2.05) is 0 Å². The van der Waals surface area contributed by atoms with Gasteiger partial charge in [0, 0.05) is 17.7 Å². The van der Waals surface area contributed by atoms with Crippen LogP contribution in [0, 0.1) is 5.82 Å². The average molecular weight is 336 g/mol. The van der Waals surface area contributed by atoms with Gasteiger partial charge >= 0.3 is 0 Å². The van der Waals surface area contributed by atoms with E-state index in [1.54, 1.807) is 24.3 Å². The van der Waals surface area contributed by atoms with Crippen LogP contribution in [0.1, 0.15) is 5.56 Å². The number of amides is 1. The molecule has 0 radical (unpaired) electrons. The van der Waals surface area contributed by atoms with Crippen molar-refractivity contribution < 1.29 is 18.7 Å². The van der Waals surface area contributed by atoms with Crippen LogP contribution in [0.15, 0.2) is 42.5 Å². The highest BCUT2D eigenvalue weighted by molar-refractivity contribution is 6.32. The van der Waals surface area contributed by atoms with Crippen LogP contribution in [0.5, 0.6) is 11.5 Å². The van der Waals surface area contributed by atoms with E-state index in [0.717, 1.165) is 0 Å². The van der Waals surface area contributed by atoms with Gasteiger partial charge in [-0.3, -0.25) is 4.79 Å². The molecule has 0 unspecified atom stereocenters. The lowest BCUT2D eigenvalue weighted by Crippen LogP contribution is -2.09. The molecule has 4 nitrogen and oxygen atoms in total. The van der Waals surface area contributed by atoms with E-state index in [4.69, 9.17) is 21.1 Å². The minimum Gasteiger partial charge on any atom is -0.495 e. The molecule has 2 aromatic carbocycles. The molecule has 6 heteroatoms. The molecule has 0 aliphatic carbocycles. The molecular formula is C17H15ClFNO3. The number of halogens is 2. The van der Waals surface area contributed by atoms with Crippen molar-refractivity contribution in [3.63, 3.8) is 0 Å². The number of rotatable bonds is 5. The Labute approximate surface area is 138 Å². The van der Waals surface area contributed by atoms with Crippen molar-refractivity contribution >= 4 is 29.3 Å². The zero-order valence-electron chi connectivity index (χ0n) is 12.6. The summed E-state index contributed by atoms with van der Waals surface area (Å²) in [4.78, 5) is 12.0. The summed E-state index contributed by atoms with van der Waals surface area (Å²) in [6.07, 6.45) is 2.62. The molecule has 0 bridgehead atoms. The fourth-order valence-corrected chi connectivity index (χ4v) is 2.15. The molecule has 0 aliphatic heterocycles. The number of carbonyl (C=O) groups excluding carboxylic acids is 1. The Bertz CT molecular complexity index is 747. The summed E-state index contributed by atoms with van der Waals surface area (Å²) in [5, 5.41) is 2.97. The first-order chi connectivity index (χ1) is 11.0. The lowest BCUT2D eigenvalue weighted by molar-refractivity contribution is -0.111. The summed E-state index contributed by atoms with van der Waals surface area (Å²) in [6.45, 7) is 0. The Hall–Kier alpha value is -2.53. The molecule has 0 aliphatic rings. The van der Waals surface area contributed by atoms with Crippen LogP contribution in [0.25, 0.3) is 6.08 Å². The zero-order chi connectivity index (χ0) is 16.8. The van der Waals surface area contributed by atoms with Crippen LogP contribution in [0.4, 0.5) is 10.1 Å². The fraction of sp³-hybridized carbons (Fsp3) is 0.118. The second kappa shape index (κ2) is 7.65. The van der Waals surface area contributed by atoms with E-state index < -0.39 is 11.7 Å². The van der Waals surface area contributed by atoms with E-state index in [-0.39, 0.29) is 0 Å². The molecule has 0 atom stereocenters. The summed E-state index contributed by atoms with van der Waals surface area (Å²) < 4.78 is 23.8. The van der Waals surface area contributed by atoms with E-state index in [1.165, 1.54) is 38.5 Å². The largest absolute Gasteiger partial charge is 0.495 e. The number of hydrogen-bond acceptors (Lipinski definition) is 3. The predicted octanol–water partition coefficient (Wildman–Crippen LogP) is 4.15. The van der Waals surface area contributed by atoms with Crippen molar-refractivity contribution in [2.75, 3.05) is 19.5 Å². The van der Waals surface area contributed by atoms with E-state index in [9.17, 15) is 9.18 Å². The average Bonchev–Trinajstić information content (AvgIpc) is 2.54. The van der Waals surface area contributed by atoms with Crippen LogP contribution in [-0.2, 0) is 4.79 Å². The molecule has 1 amide bonds. The van der Waals surface area contributed by atoms with Crippen LogP contribution in [-0.4, -0.2) is 20.1 Å². The second-order valence-electron chi connectivity index (χ2n) is 4.53. The summed E-state index contributed by atoms with van der Waals surface area (Å²) >= 11 is 6.04.